The largest absolute Gasteiger partial charge is 0.465 e. The predicted molar refractivity (Wildman–Crippen MR) is 121 cm³/mol. The van der Waals surface area contributed by atoms with E-state index in [1.165, 1.54) is 38.6 Å². The van der Waals surface area contributed by atoms with Gasteiger partial charge in [0.1, 0.15) is 23.9 Å². The molecule has 0 bridgehead atoms. The van der Waals surface area contributed by atoms with Gasteiger partial charge in [0.05, 0.1) is 6.61 Å². The van der Waals surface area contributed by atoms with Crippen LogP contribution in [0.5, 0.6) is 0 Å². The van der Waals surface area contributed by atoms with Crippen LogP contribution in [0.1, 0.15) is 31.5 Å². The second-order valence-electron chi connectivity index (χ2n) is 7.63. The van der Waals surface area contributed by atoms with E-state index < -0.39 is 27.8 Å². The van der Waals surface area contributed by atoms with E-state index in [9.17, 15) is 22.8 Å². The van der Waals surface area contributed by atoms with Gasteiger partial charge in [-0.15, -0.1) is 11.3 Å². The number of esters is 1. The summed E-state index contributed by atoms with van der Waals surface area (Å²) in [7, 11) is -0.530. The van der Waals surface area contributed by atoms with E-state index in [1.807, 2.05) is 11.4 Å². The Morgan fingerprint density at radius 2 is 2.00 bits per heavy atom. The zero-order valence-electron chi connectivity index (χ0n) is 18.8. The molecule has 33 heavy (non-hydrogen) atoms. The number of nitrogens with zero attached hydrogens (tertiary/aromatic N) is 5. The summed E-state index contributed by atoms with van der Waals surface area (Å²) >= 11 is 1.36. The number of carbonyl (C=O) groups is 2. The fourth-order valence-corrected chi connectivity index (χ4v) is 5.41. The lowest BCUT2D eigenvalue weighted by molar-refractivity contribution is -0.143. The third-order valence-corrected chi connectivity index (χ3v) is 8.02. The lowest BCUT2D eigenvalue weighted by Gasteiger charge is -2.32. The quantitative estimate of drug-likeness (QED) is 0.469. The first-order valence-corrected chi connectivity index (χ1v) is 12.8. The molecule has 2 aromatic rings. The first kappa shape index (κ1) is 25.1. The maximum atomic E-state index is 13.1. The maximum Gasteiger partial charge on any atom is 0.351 e. The molecule has 14 heteroatoms. The Bertz CT molecular complexity index is 1130. The Hall–Kier alpha value is -2.55. The molecular formula is C19H28N6O6S2. The highest BCUT2D eigenvalue weighted by Crippen LogP contribution is 2.30. The molecule has 1 amide bonds. The molecule has 0 unspecified atom stereocenters. The SMILES string of the molecule is CCOC(=O)CNC(=O)Cn1nc(C2CCN(S(=O)(=O)N(C)C)CC2)n(-c2cccs2)c1=O. The number of aromatic nitrogens is 3. The van der Waals surface area contributed by atoms with Gasteiger partial charge in [-0.1, -0.05) is 0 Å². The van der Waals surface area contributed by atoms with Gasteiger partial charge in [-0.2, -0.15) is 22.1 Å². The van der Waals surface area contributed by atoms with Crippen molar-refractivity contribution in [2.45, 2.75) is 32.2 Å². The van der Waals surface area contributed by atoms with E-state index in [1.54, 1.807) is 13.0 Å². The smallest absolute Gasteiger partial charge is 0.351 e. The van der Waals surface area contributed by atoms with Crippen LogP contribution in [-0.2, 0) is 31.1 Å². The van der Waals surface area contributed by atoms with Crippen LogP contribution in [0.2, 0.25) is 0 Å². The Labute approximate surface area is 195 Å². The molecule has 1 N–H and O–H groups in total. The van der Waals surface area contributed by atoms with Gasteiger partial charge in [-0.05, 0) is 37.3 Å². The molecule has 1 aliphatic heterocycles. The standard InChI is InChI=1S/C19H28N6O6S2/c1-4-31-17(27)12-20-15(26)13-24-19(28)25(16-6-5-11-32-16)18(21-24)14-7-9-23(10-8-14)33(29,30)22(2)3/h5-6,11,14H,4,7-10,12-13H2,1-3H3,(H,20,26). The average molecular weight is 501 g/mol. The van der Waals surface area contributed by atoms with Crippen LogP contribution < -0.4 is 11.0 Å². The van der Waals surface area contributed by atoms with Crippen molar-refractivity contribution in [2.24, 2.45) is 0 Å². The van der Waals surface area contributed by atoms with Crippen molar-refractivity contribution in [1.29, 1.82) is 0 Å². The molecular weight excluding hydrogens is 472 g/mol. The minimum absolute atomic E-state index is 0.155. The Balaban J connectivity index is 1.80. The third kappa shape index (κ3) is 5.69. The summed E-state index contributed by atoms with van der Waals surface area (Å²) in [4.78, 5) is 36.8. The van der Waals surface area contributed by atoms with E-state index >= 15 is 0 Å². The van der Waals surface area contributed by atoms with E-state index in [0.717, 1.165) is 4.68 Å². The zero-order valence-corrected chi connectivity index (χ0v) is 20.4. The summed E-state index contributed by atoms with van der Waals surface area (Å²) in [5.74, 6) is -0.776. The summed E-state index contributed by atoms with van der Waals surface area (Å²) in [5.41, 5.74) is -0.470. The van der Waals surface area contributed by atoms with Gasteiger partial charge in [0.15, 0.2) is 0 Å². The van der Waals surface area contributed by atoms with Crippen molar-refractivity contribution >= 4 is 33.4 Å². The van der Waals surface area contributed by atoms with Crippen LogP contribution in [0.4, 0.5) is 0 Å². The molecule has 3 heterocycles. The van der Waals surface area contributed by atoms with E-state index in [0.29, 0.717) is 36.8 Å². The minimum Gasteiger partial charge on any atom is -0.465 e. The third-order valence-electron chi connectivity index (χ3n) is 5.23. The van der Waals surface area contributed by atoms with Gasteiger partial charge >= 0.3 is 11.7 Å². The first-order valence-electron chi connectivity index (χ1n) is 10.5. The monoisotopic (exact) mass is 500 g/mol. The normalized spacial score (nSPS) is 15.6. The number of hydrogen-bond donors (Lipinski definition) is 1. The number of thiophene rings is 1. The fraction of sp³-hybridized carbons (Fsp3) is 0.579. The van der Waals surface area contributed by atoms with Gasteiger partial charge in [-0.25, -0.2) is 14.0 Å². The van der Waals surface area contributed by atoms with Crippen molar-refractivity contribution in [3.8, 4) is 5.00 Å². The topological polar surface area (TPSA) is 136 Å². The van der Waals surface area contributed by atoms with Gasteiger partial charge in [0.2, 0.25) is 5.91 Å². The van der Waals surface area contributed by atoms with Crippen molar-refractivity contribution in [3.05, 3.63) is 33.8 Å². The van der Waals surface area contributed by atoms with Gasteiger partial charge in [0.25, 0.3) is 10.2 Å². The average Bonchev–Trinajstić information content (AvgIpc) is 3.41. The summed E-state index contributed by atoms with van der Waals surface area (Å²) in [5, 5.41) is 9.35. The van der Waals surface area contributed by atoms with Crippen LogP contribution in [0, 0.1) is 0 Å². The number of hydrogen-bond acceptors (Lipinski definition) is 8. The molecule has 0 atom stereocenters. The molecule has 1 aliphatic rings. The lowest BCUT2D eigenvalue weighted by atomic mass is 9.97. The molecule has 0 aromatic carbocycles. The summed E-state index contributed by atoms with van der Waals surface area (Å²) < 4.78 is 34.7. The summed E-state index contributed by atoms with van der Waals surface area (Å²) in [6.45, 7) is 1.83. The predicted octanol–water partition coefficient (Wildman–Crippen LogP) is -0.239. The summed E-state index contributed by atoms with van der Waals surface area (Å²) in [6.07, 6.45) is 0.980. The second-order valence-corrected chi connectivity index (χ2v) is 10.7. The van der Waals surface area contributed by atoms with Crippen molar-refractivity contribution in [3.63, 3.8) is 0 Å². The van der Waals surface area contributed by atoms with Gasteiger partial charge in [-0.3, -0.25) is 9.59 Å². The van der Waals surface area contributed by atoms with Crippen molar-refractivity contribution in [2.75, 3.05) is 40.3 Å². The number of piperidine rings is 1. The summed E-state index contributed by atoms with van der Waals surface area (Å²) in [6, 6.07) is 3.60. The highest BCUT2D eigenvalue weighted by molar-refractivity contribution is 7.86. The number of ether oxygens (including phenoxy) is 1. The fourth-order valence-electron chi connectivity index (χ4n) is 3.55. The number of nitrogens with one attached hydrogen (secondary N) is 1. The minimum atomic E-state index is -3.51. The van der Waals surface area contributed by atoms with E-state index in [2.05, 4.69) is 10.4 Å². The molecule has 0 radical (unpaired) electrons. The van der Waals surface area contributed by atoms with Crippen molar-refractivity contribution < 1.29 is 22.7 Å². The van der Waals surface area contributed by atoms with Gasteiger partial charge in [0, 0.05) is 33.1 Å². The molecule has 1 saturated heterocycles. The van der Waals surface area contributed by atoms with Crippen LogP contribution >= 0.6 is 11.3 Å². The van der Waals surface area contributed by atoms with Crippen LogP contribution in [0.3, 0.4) is 0 Å². The van der Waals surface area contributed by atoms with Crippen molar-refractivity contribution in [1.82, 2.24) is 28.3 Å². The second kappa shape index (κ2) is 10.6. The molecule has 0 spiro atoms. The Morgan fingerprint density at radius 3 is 2.58 bits per heavy atom. The molecule has 182 valence electrons. The zero-order chi connectivity index (χ0) is 24.2. The number of carbonyl (C=O) groups excluding carboxylic acids is 2. The molecule has 0 aliphatic carbocycles. The molecule has 12 nitrogen and oxygen atoms in total. The van der Waals surface area contributed by atoms with Crippen LogP contribution in [0.25, 0.3) is 5.00 Å². The number of rotatable bonds is 9. The number of amides is 1. The van der Waals surface area contributed by atoms with E-state index in [4.69, 9.17) is 4.74 Å². The Morgan fingerprint density at radius 1 is 1.30 bits per heavy atom. The van der Waals surface area contributed by atoms with Crippen LogP contribution in [0.15, 0.2) is 22.3 Å². The first-order chi connectivity index (χ1) is 15.6. The van der Waals surface area contributed by atoms with Crippen LogP contribution in [-0.4, -0.2) is 83.6 Å². The highest BCUT2D eigenvalue weighted by Gasteiger charge is 2.33. The molecule has 0 saturated carbocycles. The van der Waals surface area contributed by atoms with Gasteiger partial charge < -0.3 is 10.1 Å². The molecule has 1 fully saturated rings. The van der Waals surface area contributed by atoms with E-state index in [-0.39, 0.29) is 25.6 Å². The maximum absolute atomic E-state index is 13.1. The highest BCUT2D eigenvalue weighted by atomic mass is 32.2. The lowest BCUT2D eigenvalue weighted by Crippen LogP contribution is -2.44. The molecule has 3 rings (SSSR count). The molecule has 2 aromatic heterocycles. The Kier molecular flexibility index (Phi) is 8.05.